The van der Waals surface area contributed by atoms with Crippen LogP contribution >= 0.6 is 0 Å². The summed E-state index contributed by atoms with van der Waals surface area (Å²) in [5.41, 5.74) is 14.8. The van der Waals surface area contributed by atoms with E-state index in [2.05, 4.69) is 205 Å². The Labute approximate surface area is 369 Å². The maximum atomic E-state index is 7.00. The van der Waals surface area contributed by atoms with Crippen LogP contribution < -0.4 is 0 Å². The molecule has 64 heavy (non-hydrogen) atoms. The van der Waals surface area contributed by atoms with Gasteiger partial charge in [-0.3, -0.25) is 0 Å². The fourth-order valence-electron chi connectivity index (χ4n) is 9.75. The fraction of sp³-hybridized carbons (Fsp3) is 0.0339. The first-order chi connectivity index (χ1) is 31.7. The molecule has 5 nitrogen and oxygen atoms in total. The van der Waals surface area contributed by atoms with E-state index < -0.39 is 0 Å². The number of rotatable bonds is 6. The van der Waals surface area contributed by atoms with Crippen molar-refractivity contribution >= 4 is 60.6 Å². The second-order valence-electron chi connectivity index (χ2n) is 16.7. The van der Waals surface area contributed by atoms with Crippen LogP contribution in [0, 0.1) is 0 Å². The van der Waals surface area contributed by atoms with Crippen molar-refractivity contribution < 1.29 is 4.42 Å². The number of benzene rings is 9. The molecule has 12 aromatic rings. The first-order valence-electron chi connectivity index (χ1n) is 21.9. The van der Waals surface area contributed by atoms with Crippen molar-refractivity contribution in [3.05, 3.63) is 211 Å². The first-order valence-corrected chi connectivity index (χ1v) is 21.9. The molecule has 0 saturated carbocycles. The zero-order valence-corrected chi connectivity index (χ0v) is 34.7. The van der Waals surface area contributed by atoms with Crippen LogP contribution in [0.15, 0.2) is 205 Å². The van der Waals surface area contributed by atoms with Gasteiger partial charge in [-0.1, -0.05) is 158 Å². The van der Waals surface area contributed by atoms with Gasteiger partial charge in [-0.2, -0.15) is 0 Å². The number of allylic oxidation sites excluding steroid dienone is 1. The van der Waals surface area contributed by atoms with E-state index in [1.807, 2.05) is 6.07 Å². The van der Waals surface area contributed by atoms with E-state index in [0.717, 1.165) is 73.6 Å². The standard InChI is InChI=1S/C59H38N4O/c1-3-13-37(14-4-1)43-29-31-51-49(35-43)50-36-44(38-15-5-2-6-16-38)30-32-52(50)63(51)53-23-11-21-47-55-48(22-12-24-54(55)64-56(47)53)59-61-57(45-27-25-39-17-7-9-19-41(39)33-45)60-58(62-59)46-28-26-40-18-8-10-20-42(40)34-46/h1-9,11-19,21-36H,10,20H2. The van der Waals surface area contributed by atoms with Gasteiger partial charge in [-0.05, 0) is 106 Å². The van der Waals surface area contributed by atoms with Crippen LogP contribution in [0.3, 0.4) is 0 Å². The minimum Gasteiger partial charge on any atom is -0.454 e. The van der Waals surface area contributed by atoms with E-state index >= 15 is 0 Å². The van der Waals surface area contributed by atoms with Gasteiger partial charge in [-0.15, -0.1) is 0 Å². The number of hydrogen-bond acceptors (Lipinski definition) is 4. The molecule has 300 valence electrons. The molecule has 0 amide bonds. The second kappa shape index (κ2) is 14.6. The number of hydrogen-bond donors (Lipinski definition) is 0. The molecular formula is C59H38N4O. The number of furan rings is 1. The van der Waals surface area contributed by atoms with Crippen molar-refractivity contribution in [2.75, 3.05) is 0 Å². The molecule has 0 N–H and O–H groups in total. The van der Waals surface area contributed by atoms with Crippen molar-refractivity contribution in [3.63, 3.8) is 0 Å². The third-order valence-electron chi connectivity index (χ3n) is 12.9. The average molecular weight is 819 g/mol. The topological polar surface area (TPSA) is 56.7 Å². The first kappa shape index (κ1) is 36.3. The van der Waals surface area contributed by atoms with E-state index in [1.165, 1.54) is 49.5 Å². The summed E-state index contributed by atoms with van der Waals surface area (Å²) in [4.78, 5) is 15.7. The third-order valence-corrected chi connectivity index (χ3v) is 12.9. The molecule has 3 aromatic heterocycles. The van der Waals surface area contributed by atoms with Gasteiger partial charge in [0.25, 0.3) is 0 Å². The van der Waals surface area contributed by atoms with E-state index in [1.54, 1.807) is 0 Å². The maximum Gasteiger partial charge on any atom is 0.164 e. The Balaban J connectivity index is 1.03. The number of aromatic nitrogens is 4. The Morgan fingerprint density at radius 2 is 1.06 bits per heavy atom. The minimum absolute atomic E-state index is 0.600. The van der Waals surface area contributed by atoms with Crippen LogP contribution in [-0.2, 0) is 6.42 Å². The molecule has 5 heteroatoms. The van der Waals surface area contributed by atoms with Gasteiger partial charge in [0, 0.05) is 38.2 Å². The highest BCUT2D eigenvalue weighted by Gasteiger charge is 2.23. The predicted octanol–water partition coefficient (Wildman–Crippen LogP) is 15.3. The summed E-state index contributed by atoms with van der Waals surface area (Å²) in [6.07, 6.45) is 6.47. The molecule has 0 saturated heterocycles. The predicted molar refractivity (Wildman–Crippen MR) is 263 cm³/mol. The summed E-state index contributed by atoms with van der Waals surface area (Å²) < 4.78 is 9.36. The molecule has 13 rings (SSSR count). The van der Waals surface area contributed by atoms with Gasteiger partial charge in [0.05, 0.1) is 16.7 Å². The number of fused-ring (bicyclic) bond motifs is 8. The van der Waals surface area contributed by atoms with Crippen molar-refractivity contribution in [2.24, 2.45) is 0 Å². The van der Waals surface area contributed by atoms with Crippen LogP contribution in [0.2, 0.25) is 0 Å². The molecule has 3 heterocycles. The summed E-state index contributed by atoms with van der Waals surface area (Å²) >= 11 is 0. The molecule has 0 bridgehead atoms. The molecule has 1 aliphatic rings. The van der Waals surface area contributed by atoms with Crippen molar-refractivity contribution in [1.29, 1.82) is 0 Å². The highest BCUT2D eigenvalue weighted by Crippen LogP contribution is 2.43. The highest BCUT2D eigenvalue weighted by molar-refractivity contribution is 6.16. The summed E-state index contributed by atoms with van der Waals surface area (Å²) in [7, 11) is 0. The van der Waals surface area contributed by atoms with Gasteiger partial charge in [0.1, 0.15) is 5.58 Å². The molecule has 9 aromatic carbocycles. The van der Waals surface area contributed by atoms with Crippen molar-refractivity contribution in [1.82, 2.24) is 19.5 Å². The smallest absolute Gasteiger partial charge is 0.164 e. The van der Waals surface area contributed by atoms with Gasteiger partial charge >= 0.3 is 0 Å². The van der Waals surface area contributed by atoms with Gasteiger partial charge in [0.2, 0.25) is 0 Å². The maximum absolute atomic E-state index is 7.00. The second-order valence-corrected chi connectivity index (χ2v) is 16.7. The van der Waals surface area contributed by atoms with Gasteiger partial charge in [0.15, 0.2) is 23.1 Å². The fourth-order valence-corrected chi connectivity index (χ4v) is 9.75. The lowest BCUT2D eigenvalue weighted by molar-refractivity contribution is 0.666. The van der Waals surface area contributed by atoms with Crippen molar-refractivity contribution in [2.45, 2.75) is 12.8 Å². The number of para-hydroxylation sites is 1. The molecule has 0 radical (unpaired) electrons. The minimum atomic E-state index is 0.600. The molecule has 0 aliphatic heterocycles. The number of nitrogens with zero attached hydrogens (tertiary/aromatic N) is 4. The molecule has 0 spiro atoms. The SMILES string of the molecule is C1=Cc2ccc(-c3nc(-c4ccc5ccccc5c4)nc(-c4cccc5oc6c(-n7c8ccc(-c9ccccc9)cc8c8cc(-c9ccccc9)ccc87)cccc6c45)n3)cc2CC1. The summed E-state index contributed by atoms with van der Waals surface area (Å²) in [5, 5.41) is 6.63. The molecule has 0 unspecified atom stereocenters. The normalized spacial score (nSPS) is 12.5. The Morgan fingerprint density at radius 3 is 1.80 bits per heavy atom. The monoisotopic (exact) mass is 818 g/mol. The number of aryl methyl sites for hydroxylation is 1. The highest BCUT2D eigenvalue weighted by atomic mass is 16.3. The lowest BCUT2D eigenvalue weighted by Gasteiger charge is -2.13. The summed E-state index contributed by atoms with van der Waals surface area (Å²) in [6, 6.07) is 68.9. The van der Waals surface area contributed by atoms with Crippen LogP contribution in [0.5, 0.6) is 0 Å². The van der Waals surface area contributed by atoms with Crippen LogP contribution in [0.25, 0.3) is 123 Å². The lowest BCUT2D eigenvalue weighted by atomic mass is 9.95. The van der Waals surface area contributed by atoms with E-state index in [9.17, 15) is 0 Å². The van der Waals surface area contributed by atoms with Crippen LogP contribution in [0.1, 0.15) is 17.5 Å². The average Bonchev–Trinajstić information content (AvgIpc) is 3.92. The Kier molecular flexibility index (Phi) is 8.28. The quantitative estimate of drug-likeness (QED) is 0.168. The zero-order valence-electron chi connectivity index (χ0n) is 34.7. The zero-order chi connectivity index (χ0) is 42.1. The molecule has 0 fully saturated rings. The summed E-state index contributed by atoms with van der Waals surface area (Å²) in [6.45, 7) is 0. The Bertz CT molecular complexity index is 3750. The van der Waals surface area contributed by atoms with Crippen LogP contribution in [-0.4, -0.2) is 19.5 Å². The van der Waals surface area contributed by atoms with Gasteiger partial charge in [-0.25, -0.2) is 15.0 Å². The lowest BCUT2D eigenvalue weighted by Crippen LogP contribution is -2.02. The van der Waals surface area contributed by atoms with Gasteiger partial charge < -0.3 is 8.98 Å². The molecule has 0 atom stereocenters. The Hall–Kier alpha value is -8.41. The van der Waals surface area contributed by atoms with Crippen LogP contribution in [0.4, 0.5) is 0 Å². The van der Waals surface area contributed by atoms with Crippen molar-refractivity contribution in [3.8, 4) is 62.1 Å². The van der Waals surface area contributed by atoms with E-state index in [0.29, 0.717) is 17.5 Å². The summed E-state index contributed by atoms with van der Waals surface area (Å²) in [5.74, 6) is 1.87. The Morgan fingerprint density at radius 1 is 0.438 bits per heavy atom. The molecular weight excluding hydrogens is 781 g/mol. The van der Waals surface area contributed by atoms with E-state index in [4.69, 9.17) is 19.4 Å². The largest absolute Gasteiger partial charge is 0.454 e. The molecule has 1 aliphatic carbocycles. The van der Waals surface area contributed by atoms with E-state index in [-0.39, 0.29) is 0 Å². The third kappa shape index (κ3) is 5.97.